The number of sulfonamides is 1. The maximum atomic E-state index is 13.9. The molecule has 0 atom stereocenters. The minimum absolute atomic E-state index is 0.0564. The number of methoxy groups -OCH3 is 1. The predicted molar refractivity (Wildman–Crippen MR) is 151 cm³/mol. The molecule has 6 nitrogen and oxygen atoms in total. The summed E-state index contributed by atoms with van der Waals surface area (Å²) in [6, 6.07) is 7.90. The van der Waals surface area contributed by atoms with E-state index in [1.54, 1.807) is 0 Å². The zero-order valence-electron chi connectivity index (χ0n) is 22.9. The molecular weight excluding hydrogens is 637 g/mol. The van der Waals surface area contributed by atoms with Crippen LogP contribution < -0.4 is 10.1 Å². The van der Waals surface area contributed by atoms with Gasteiger partial charge in [0.25, 0.3) is 5.91 Å². The van der Waals surface area contributed by atoms with Crippen LogP contribution in [0.4, 0.5) is 30.7 Å². The van der Waals surface area contributed by atoms with E-state index in [1.807, 2.05) is 0 Å². The molecule has 1 heterocycles. The molecule has 0 unspecified atom stereocenters. The number of ether oxygens (including phenoxy) is 1. The van der Waals surface area contributed by atoms with Crippen molar-refractivity contribution in [1.82, 2.24) is 9.62 Å². The summed E-state index contributed by atoms with van der Waals surface area (Å²) >= 11 is 4.11. The maximum Gasteiger partial charge on any atom is 0.419 e. The van der Waals surface area contributed by atoms with Crippen molar-refractivity contribution in [3.63, 3.8) is 0 Å². The molecule has 1 aliphatic rings. The zero-order valence-corrected chi connectivity index (χ0v) is 24.6. The smallest absolute Gasteiger partial charge is 0.419 e. The van der Waals surface area contributed by atoms with E-state index in [9.17, 15) is 43.9 Å². The first-order valence-corrected chi connectivity index (χ1v) is 14.9. The maximum absolute atomic E-state index is 13.9. The summed E-state index contributed by atoms with van der Waals surface area (Å²) in [4.78, 5) is 13.1. The first-order chi connectivity index (χ1) is 20.5. The van der Waals surface area contributed by atoms with Crippen molar-refractivity contribution >= 4 is 40.3 Å². The minimum atomic E-state index is -5.06. The molecular formula is C29H25F7N2O4S2. The van der Waals surface area contributed by atoms with Crippen LogP contribution in [0.1, 0.15) is 51.9 Å². The molecule has 1 fully saturated rings. The van der Waals surface area contributed by atoms with Crippen molar-refractivity contribution < 1.29 is 48.7 Å². The molecule has 1 N–H and O–H groups in total. The topological polar surface area (TPSA) is 75.7 Å². The van der Waals surface area contributed by atoms with Gasteiger partial charge in [-0.1, -0.05) is 18.6 Å². The average molecular weight is 663 g/mol. The van der Waals surface area contributed by atoms with Gasteiger partial charge in [-0.05, 0) is 66.9 Å². The van der Waals surface area contributed by atoms with E-state index in [0.29, 0.717) is 50.2 Å². The van der Waals surface area contributed by atoms with Crippen LogP contribution in [-0.4, -0.2) is 38.8 Å². The minimum Gasteiger partial charge on any atom is -0.496 e. The number of alkyl halides is 6. The van der Waals surface area contributed by atoms with Crippen LogP contribution in [0.15, 0.2) is 64.4 Å². The second-order valence-electron chi connectivity index (χ2n) is 9.81. The normalized spacial score (nSPS) is 15.2. The Morgan fingerprint density at radius 2 is 1.59 bits per heavy atom. The summed E-state index contributed by atoms with van der Waals surface area (Å²) in [5, 5.41) is 2.43. The number of amides is 1. The largest absolute Gasteiger partial charge is 0.496 e. The zero-order chi connectivity index (χ0) is 32.4. The Balaban J connectivity index is 1.81. The van der Waals surface area contributed by atoms with Crippen LogP contribution in [0.25, 0.3) is 11.8 Å². The summed E-state index contributed by atoms with van der Waals surface area (Å²) in [6.45, 7) is 0.581. The van der Waals surface area contributed by atoms with Crippen LogP contribution in [0, 0.1) is 5.82 Å². The standard InChI is InChI=1S/C29H25F7N2O4S2/c1-42-25-10-7-19(44(40,41)38-11-3-2-4-12-38)16-21(25)27(39)37-24(20-8-6-18(15-26(20)43)28(31,32)33)14-17-5-9-23(30)22(13-17)29(34,35)36/h5-10,13-16,43H,2-4,11-12H2,1H3,(H,37,39)/b24-14-. The van der Waals surface area contributed by atoms with Gasteiger partial charge in [-0.25, -0.2) is 12.8 Å². The number of nitrogens with one attached hydrogen (secondary N) is 1. The molecule has 1 amide bonds. The van der Waals surface area contributed by atoms with Gasteiger partial charge in [0.05, 0.1) is 28.7 Å². The number of nitrogens with zero attached hydrogens (tertiary/aromatic N) is 1. The second kappa shape index (κ2) is 12.8. The van der Waals surface area contributed by atoms with Gasteiger partial charge in [-0.2, -0.15) is 30.6 Å². The van der Waals surface area contributed by atoms with Crippen molar-refractivity contribution in [3.8, 4) is 5.75 Å². The number of carbonyl (C=O) groups is 1. The third-order valence-corrected chi connectivity index (χ3v) is 9.10. The summed E-state index contributed by atoms with van der Waals surface area (Å²) < 4.78 is 127. The van der Waals surface area contributed by atoms with E-state index in [0.717, 1.165) is 30.7 Å². The molecule has 1 aliphatic heterocycles. The Morgan fingerprint density at radius 3 is 2.18 bits per heavy atom. The summed E-state index contributed by atoms with van der Waals surface area (Å²) in [5.41, 5.74) is -3.64. The van der Waals surface area contributed by atoms with Crippen molar-refractivity contribution in [1.29, 1.82) is 0 Å². The van der Waals surface area contributed by atoms with Gasteiger partial charge in [0.2, 0.25) is 10.0 Å². The van der Waals surface area contributed by atoms with Gasteiger partial charge in [0, 0.05) is 29.2 Å². The third-order valence-electron chi connectivity index (χ3n) is 6.84. The van der Waals surface area contributed by atoms with Crippen LogP contribution in [0.3, 0.4) is 0 Å². The Kier molecular flexibility index (Phi) is 9.71. The molecule has 0 saturated carbocycles. The molecule has 3 aromatic rings. The van der Waals surface area contributed by atoms with E-state index < -0.39 is 45.2 Å². The van der Waals surface area contributed by atoms with E-state index in [1.165, 1.54) is 23.5 Å². The van der Waals surface area contributed by atoms with E-state index in [2.05, 4.69) is 17.9 Å². The molecule has 0 radical (unpaired) electrons. The highest BCUT2D eigenvalue weighted by Crippen LogP contribution is 2.36. The number of carbonyl (C=O) groups excluding carboxylic acids is 1. The Morgan fingerprint density at radius 1 is 0.909 bits per heavy atom. The van der Waals surface area contributed by atoms with E-state index in [4.69, 9.17) is 4.74 Å². The predicted octanol–water partition coefficient (Wildman–Crippen LogP) is 7.26. The van der Waals surface area contributed by atoms with Gasteiger partial charge < -0.3 is 10.1 Å². The first kappa shape index (κ1) is 33.3. The molecule has 0 aliphatic carbocycles. The van der Waals surface area contributed by atoms with E-state index >= 15 is 0 Å². The first-order valence-electron chi connectivity index (χ1n) is 13.0. The lowest BCUT2D eigenvalue weighted by Crippen LogP contribution is -2.35. The highest BCUT2D eigenvalue weighted by molar-refractivity contribution is 7.89. The van der Waals surface area contributed by atoms with Crippen molar-refractivity contribution in [2.45, 2.75) is 41.4 Å². The lowest BCUT2D eigenvalue weighted by molar-refractivity contribution is -0.140. The molecule has 0 bridgehead atoms. The van der Waals surface area contributed by atoms with Crippen LogP contribution in [-0.2, 0) is 22.4 Å². The highest BCUT2D eigenvalue weighted by Gasteiger charge is 2.35. The lowest BCUT2D eigenvalue weighted by atomic mass is 10.0. The third kappa shape index (κ3) is 7.38. The average Bonchev–Trinajstić information content (AvgIpc) is 2.96. The van der Waals surface area contributed by atoms with Gasteiger partial charge >= 0.3 is 12.4 Å². The summed E-state index contributed by atoms with van der Waals surface area (Å²) in [7, 11) is -2.78. The molecule has 44 heavy (non-hydrogen) atoms. The second-order valence-corrected chi connectivity index (χ2v) is 12.2. The Labute approximate surface area is 254 Å². The van der Waals surface area contributed by atoms with Gasteiger partial charge in [0.15, 0.2) is 0 Å². The fourth-order valence-electron chi connectivity index (χ4n) is 4.60. The summed E-state index contributed by atoms with van der Waals surface area (Å²) in [5.74, 6) is -2.60. The van der Waals surface area contributed by atoms with Gasteiger partial charge in [0.1, 0.15) is 11.6 Å². The number of benzene rings is 3. The quantitative estimate of drug-likeness (QED) is 0.159. The van der Waals surface area contributed by atoms with Crippen molar-refractivity contribution in [2.24, 2.45) is 0 Å². The Bertz CT molecular complexity index is 1700. The number of thiol groups is 1. The number of hydrogen-bond donors (Lipinski definition) is 2. The van der Waals surface area contributed by atoms with Crippen molar-refractivity contribution in [2.75, 3.05) is 20.2 Å². The number of hydrogen-bond acceptors (Lipinski definition) is 5. The number of piperidine rings is 1. The SMILES string of the molecule is COc1ccc(S(=O)(=O)N2CCCCC2)cc1C(=O)N/C(=C\c1ccc(F)c(C(F)(F)F)c1)c1ccc(C(F)(F)F)cc1S. The molecule has 1 saturated heterocycles. The van der Waals surface area contributed by atoms with Gasteiger partial charge in [-0.15, -0.1) is 12.6 Å². The van der Waals surface area contributed by atoms with Crippen LogP contribution in [0.2, 0.25) is 0 Å². The fraction of sp³-hybridized carbons (Fsp3) is 0.276. The van der Waals surface area contributed by atoms with Crippen LogP contribution >= 0.6 is 12.6 Å². The molecule has 15 heteroatoms. The molecule has 3 aromatic carbocycles. The van der Waals surface area contributed by atoms with E-state index in [-0.39, 0.29) is 37.9 Å². The number of halogens is 7. The lowest BCUT2D eigenvalue weighted by Gasteiger charge is -2.26. The number of rotatable bonds is 7. The van der Waals surface area contributed by atoms with Crippen LogP contribution in [0.5, 0.6) is 5.75 Å². The molecule has 4 rings (SSSR count). The highest BCUT2D eigenvalue weighted by atomic mass is 32.2. The van der Waals surface area contributed by atoms with Gasteiger partial charge in [-0.3, -0.25) is 4.79 Å². The Hall–Kier alpha value is -3.56. The molecule has 236 valence electrons. The van der Waals surface area contributed by atoms with Crippen molar-refractivity contribution in [3.05, 3.63) is 88.2 Å². The molecule has 0 spiro atoms. The summed E-state index contributed by atoms with van der Waals surface area (Å²) in [6.07, 6.45) is -6.61. The monoisotopic (exact) mass is 662 g/mol. The molecule has 0 aromatic heterocycles. The fourth-order valence-corrected chi connectivity index (χ4v) is 6.48.